The molecule has 1 aliphatic rings. The maximum absolute atomic E-state index is 12.5. The second-order valence-electron chi connectivity index (χ2n) is 6.92. The number of fused-ring (bicyclic) bond motifs is 1. The summed E-state index contributed by atoms with van der Waals surface area (Å²) in [7, 11) is 0. The maximum atomic E-state index is 12.5. The molecule has 5 atom stereocenters. The smallest absolute Gasteiger partial charge is 0.335 e. The summed E-state index contributed by atoms with van der Waals surface area (Å²) >= 11 is 0. The van der Waals surface area contributed by atoms with Gasteiger partial charge in [0.2, 0.25) is 5.91 Å². The van der Waals surface area contributed by atoms with E-state index in [1.54, 1.807) is 18.5 Å². The Kier molecular flexibility index (Phi) is 5.07. The van der Waals surface area contributed by atoms with Gasteiger partial charge in [0, 0.05) is 12.4 Å². The Hall–Kier alpha value is -3.55. The topological polar surface area (TPSA) is 207 Å². The number of carbonyl (C=O) groups excluding carboxylic acids is 1. The van der Waals surface area contributed by atoms with Crippen molar-refractivity contribution in [3.8, 4) is 0 Å². The van der Waals surface area contributed by atoms with E-state index < -0.39 is 42.4 Å². The Morgan fingerprint density at radius 2 is 2.17 bits per heavy atom. The van der Waals surface area contributed by atoms with Crippen LogP contribution in [0.15, 0.2) is 31.1 Å². The quantitative estimate of drug-likeness (QED) is 0.264. The van der Waals surface area contributed by atoms with Crippen LogP contribution < -0.4 is 16.8 Å². The molecule has 13 heteroatoms. The second kappa shape index (κ2) is 7.70. The molecule has 30 heavy (non-hydrogen) atoms. The molecular formula is C17H20N8O5. The van der Waals surface area contributed by atoms with Crippen molar-refractivity contribution in [2.24, 2.45) is 5.73 Å². The first-order valence-electron chi connectivity index (χ1n) is 9.03. The molecular weight excluding hydrogens is 396 g/mol. The molecule has 4 rings (SSSR count). The van der Waals surface area contributed by atoms with Crippen molar-refractivity contribution >= 4 is 28.9 Å². The summed E-state index contributed by atoms with van der Waals surface area (Å²) in [6.45, 7) is 0. The van der Waals surface area contributed by atoms with Crippen molar-refractivity contribution < 1.29 is 24.5 Å². The molecule has 158 valence electrons. The fraction of sp³-hybridized carbons (Fsp3) is 0.353. The van der Waals surface area contributed by atoms with Crippen LogP contribution in [0.1, 0.15) is 11.8 Å². The monoisotopic (exact) mass is 416 g/mol. The molecule has 3 aromatic heterocycles. The van der Waals surface area contributed by atoms with Crippen molar-refractivity contribution in [3.63, 3.8) is 0 Å². The SMILES string of the molecule is Nc1ncnc2c1ncn2C1OC(C(=O)O)C(NC(=O)C(N)Cc2cc[nH]c2)C1O. The predicted octanol–water partition coefficient (Wildman–Crippen LogP) is -1.87. The maximum Gasteiger partial charge on any atom is 0.335 e. The lowest BCUT2D eigenvalue weighted by molar-refractivity contribution is -0.152. The number of nitrogens with zero attached hydrogens (tertiary/aromatic N) is 4. The zero-order valence-corrected chi connectivity index (χ0v) is 15.5. The third-order valence-electron chi connectivity index (χ3n) is 4.94. The first kappa shape index (κ1) is 19.8. The number of hydrogen-bond acceptors (Lipinski definition) is 9. The number of nitrogens with one attached hydrogen (secondary N) is 2. The van der Waals surface area contributed by atoms with Gasteiger partial charge in [-0.1, -0.05) is 0 Å². The molecule has 4 heterocycles. The number of carboxylic acid groups (broad SMARTS) is 1. The highest BCUT2D eigenvalue weighted by Gasteiger charge is 2.49. The van der Waals surface area contributed by atoms with Gasteiger partial charge in [0.05, 0.1) is 18.4 Å². The number of H-pyrrole nitrogens is 1. The number of aliphatic carboxylic acids is 1. The fourth-order valence-corrected chi connectivity index (χ4v) is 3.43. The number of nitrogens with two attached hydrogens (primary N) is 2. The van der Waals surface area contributed by atoms with Crippen LogP contribution >= 0.6 is 0 Å². The van der Waals surface area contributed by atoms with E-state index in [1.165, 1.54) is 17.2 Å². The predicted molar refractivity (Wildman–Crippen MR) is 102 cm³/mol. The molecule has 0 aliphatic carbocycles. The minimum atomic E-state index is -1.51. The number of rotatable bonds is 6. The fourth-order valence-electron chi connectivity index (χ4n) is 3.43. The number of ether oxygens (including phenoxy) is 1. The van der Waals surface area contributed by atoms with Crippen LogP contribution in [0.4, 0.5) is 5.82 Å². The number of amides is 1. The summed E-state index contributed by atoms with van der Waals surface area (Å²) in [5.74, 6) is -1.83. The number of nitrogen functional groups attached to an aromatic ring is 1. The van der Waals surface area contributed by atoms with Crippen molar-refractivity contribution in [3.05, 3.63) is 36.7 Å². The molecule has 13 nitrogen and oxygen atoms in total. The van der Waals surface area contributed by atoms with E-state index in [4.69, 9.17) is 16.2 Å². The lowest BCUT2D eigenvalue weighted by Crippen LogP contribution is -2.54. The van der Waals surface area contributed by atoms with Crippen molar-refractivity contribution in [2.75, 3.05) is 5.73 Å². The zero-order valence-electron chi connectivity index (χ0n) is 15.5. The van der Waals surface area contributed by atoms with Gasteiger partial charge in [-0.2, -0.15) is 0 Å². The Labute approximate surface area is 169 Å². The van der Waals surface area contributed by atoms with Gasteiger partial charge >= 0.3 is 5.97 Å². The van der Waals surface area contributed by atoms with E-state index in [0.717, 1.165) is 5.56 Å². The molecule has 0 radical (unpaired) electrons. The minimum absolute atomic E-state index is 0.126. The van der Waals surface area contributed by atoms with Crippen molar-refractivity contribution in [1.29, 1.82) is 0 Å². The number of aromatic amines is 1. The van der Waals surface area contributed by atoms with Crippen LogP contribution in [-0.2, 0) is 20.7 Å². The van der Waals surface area contributed by atoms with Gasteiger partial charge < -0.3 is 36.7 Å². The standard InChI is InChI=1S/C17H20N8O5/c18-8(3-7-1-2-20-4-7)15(27)24-9-11(26)16(30-12(9)17(28)29)25-6-23-10-13(19)21-5-22-14(10)25/h1-2,4-6,8-9,11-12,16,20,26H,3,18H2,(H,24,27)(H,28,29)(H2,19,21,22). The van der Waals surface area contributed by atoms with Crippen molar-refractivity contribution in [2.45, 2.75) is 36.9 Å². The zero-order chi connectivity index (χ0) is 21.4. The Balaban J connectivity index is 1.56. The highest BCUT2D eigenvalue weighted by molar-refractivity contribution is 5.84. The van der Waals surface area contributed by atoms with Gasteiger partial charge in [-0.15, -0.1) is 0 Å². The van der Waals surface area contributed by atoms with Gasteiger partial charge in [-0.25, -0.2) is 19.7 Å². The Bertz CT molecular complexity index is 1070. The number of carboxylic acids is 1. The number of imidazole rings is 1. The third kappa shape index (κ3) is 3.45. The van der Waals surface area contributed by atoms with Gasteiger partial charge in [-0.3, -0.25) is 9.36 Å². The molecule has 0 saturated carbocycles. The van der Waals surface area contributed by atoms with Crippen LogP contribution in [0.3, 0.4) is 0 Å². The van der Waals surface area contributed by atoms with Crippen LogP contribution in [0.2, 0.25) is 0 Å². The van der Waals surface area contributed by atoms with Crippen LogP contribution in [0.5, 0.6) is 0 Å². The number of carbonyl (C=O) groups is 2. The summed E-state index contributed by atoms with van der Waals surface area (Å²) in [6.07, 6.45) is 2.07. The molecule has 1 saturated heterocycles. The third-order valence-corrected chi connectivity index (χ3v) is 4.94. The normalized spacial score (nSPS) is 24.7. The van der Waals surface area contributed by atoms with Gasteiger partial charge in [0.15, 0.2) is 23.8 Å². The van der Waals surface area contributed by atoms with Gasteiger partial charge in [-0.05, 0) is 18.1 Å². The lowest BCUT2D eigenvalue weighted by Gasteiger charge is -2.22. The second-order valence-corrected chi connectivity index (χ2v) is 6.92. The molecule has 0 spiro atoms. The summed E-state index contributed by atoms with van der Waals surface area (Å²) in [6, 6.07) is -0.411. The molecule has 1 fully saturated rings. The highest BCUT2D eigenvalue weighted by atomic mass is 16.6. The lowest BCUT2D eigenvalue weighted by atomic mass is 10.0. The Morgan fingerprint density at radius 1 is 1.37 bits per heavy atom. The van der Waals surface area contributed by atoms with Crippen LogP contribution in [0.25, 0.3) is 11.2 Å². The number of hydrogen-bond donors (Lipinski definition) is 6. The molecule has 0 bridgehead atoms. The molecule has 1 aliphatic heterocycles. The van der Waals surface area contributed by atoms with Crippen LogP contribution in [-0.4, -0.2) is 70.9 Å². The Morgan fingerprint density at radius 3 is 2.87 bits per heavy atom. The van der Waals surface area contributed by atoms with E-state index >= 15 is 0 Å². The van der Waals surface area contributed by atoms with Gasteiger partial charge in [0.1, 0.15) is 17.9 Å². The molecule has 1 amide bonds. The average Bonchev–Trinajstić information content (AvgIpc) is 3.43. The number of aliphatic hydroxyl groups is 1. The summed E-state index contributed by atoms with van der Waals surface area (Å²) in [4.78, 5) is 39.1. The molecule has 5 unspecified atom stereocenters. The molecule has 8 N–H and O–H groups in total. The number of aromatic nitrogens is 5. The number of aliphatic hydroxyl groups excluding tert-OH is 1. The molecule has 3 aromatic rings. The molecule has 0 aromatic carbocycles. The summed E-state index contributed by atoms with van der Waals surface area (Å²) < 4.78 is 6.89. The summed E-state index contributed by atoms with van der Waals surface area (Å²) in [5.41, 5.74) is 13.0. The first-order valence-corrected chi connectivity index (χ1v) is 9.03. The van der Waals surface area contributed by atoms with E-state index in [-0.39, 0.29) is 23.4 Å². The van der Waals surface area contributed by atoms with Gasteiger partial charge in [0.25, 0.3) is 0 Å². The summed E-state index contributed by atoms with van der Waals surface area (Å²) in [5, 5.41) is 22.8. The first-order chi connectivity index (χ1) is 14.4. The van der Waals surface area contributed by atoms with E-state index in [9.17, 15) is 19.8 Å². The van der Waals surface area contributed by atoms with E-state index in [2.05, 4.69) is 25.3 Å². The minimum Gasteiger partial charge on any atom is -0.479 e. The van der Waals surface area contributed by atoms with Crippen LogP contribution in [0, 0.1) is 0 Å². The van der Waals surface area contributed by atoms with E-state index in [0.29, 0.717) is 0 Å². The average molecular weight is 416 g/mol. The largest absolute Gasteiger partial charge is 0.479 e. The van der Waals surface area contributed by atoms with Crippen molar-refractivity contribution in [1.82, 2.24) is 29.8 Å². The highest BCUT2D eigenvalue weighted by Crippen LogP contribution is 2.32. The van der Waals surface area contributed by atoms with E-state index in [1.807, 2.05) is 0 Å². The number of anilines is 1.